The highest BCUT2D eigenvalue weighted by molar-refractivity contribution is 7.99. The first-order valence-electron chi connectivity index (χ1n) is 7.02. The first kappa shape index (κ1) is 16.2. The zero-order valence-corrected chi connectivity index (χ0v) is 13.4. The molecule has 0 aliphatic carbocycles. The van der Waals surface area contributed by atoms with Crippen LogP contribution >= 0.6 is 24.0 Å². The Labute approximate surface area is 121 Å². The molecule has 0 aromatic rings. The van der Waals surface area contributed by atoms with Crippen LogP contribution in [0, 0.1) is 0 Å². The molecule has 1 fully saturated rings. The Kier molecular flexibility index (Phi) is 8.22. The molecular formula is C13H27N3S2. The Hall–Kier alpha value is 0.160. The van der Waals surface area contributed by atoms with E-state index in [0.29, 0.717) is 11.0 Å². The zero-order valence-electron chi connectivity index (χ0n) is 11.7. The molecule has 1 aliphatic heterocycles. The maximum atomic E-state index is 5.80. The number of rotatable bonds is 8. The molecule has 0 amide bonds. The number of hydrogen-bond donors (Lipinski definition) is 1. The van der Waals surface area contributed by atoms with Crippen molar-refractivity contribution in [2.45, 2.75) is 32.7 Å². The van der Waals surface area contributed by atoms with Crippen LogP contribution < -0.4 is 5.73 Å². The Balaban J connectivity index is 2.21. The van der Waals surface area contributed by atoms with Gasteiger partial charge in [0.25, 0.3) is 0 Å². The predicted molar refractivity (Wildman–Crippen MR) is 86.5 cm³/mol. The highest BCUT2D eigenvalue weighted by Crippen LogP contribution is 2.11. The number of nitrogens with two attached hydrogens (primary N) is 1. The maximum absolute atomic E-state index is 5.80. The average molecular weight is 290 g/mol. The van der Waals surface area contributed by atoms with E-state index in [1.807, 2.05) is 11.8 Å². The maximum Gasteiger partial charge on any atom is 0.0901 e. The highest BCUT2D eigenvalue weighted by Gasteiger charge is 2.23. The average Bonchev–Trinajstić information content (AvgIpc) is 2.37. The lowest BCUT2D eigenvalue weighted by molar-refractivity contribution is 0.117. The van der Waals surface area contributed by atoms with Crippen molar-refractivity contribution in [2.75, 3.05) is 44.2 Å². The smallest absolute Gasteiger partial charge is 0.0901 e. The molecular weight excluding hydrogens is 262 g/mol. The third-order valence-electron chi connectivity index (χ3n) is 3.53. The second-order valence-electron chi connectivity index (χ2n) is 4.75. The molecule has 0 aromatic carbocycles. The zero-order chi connectivity index (χ0) is 13.4. The van der Waals surface area contributed by atoms with Crippen LogP contribution in [0.2, 0.25) is 0 Å². The summed E-state index contributed by atoms with van der Waals surface area (Å²) in [5.74, 6) is 2.53. The third-order valence-corrected chi connectivity index (χ3v) is 4.79. The van der Waals surface area contributed by atoms with Crippen molar-refractivity contribution in [1.29, 1.82) is 0 Å². The summed E-state index contributed by atoms with van der Waals surface area (Å²) >= 11 is 7.18. The summed E-state index contributed by atoms with van der Waals surface area (Å²) in [6, 6.07) is 0.304. The predicted octanol–water partition coefficient (Wildman–Crippen LogP) is 1.81. The largest absolute Gasteiger partial charge is 0.392 e. The fraction of sp³-hybridized carbons (Fsp3) is 0.923. The minimum Gasteiger partial charge on any atom is -0.392 e. The second kappa shape index (κ2) is 9.13. The van der Waals surface area contributed by atoms with Gasteiger partial charge < -0.3 is 10.6 Å². The minimum atomic E-state index is 0.304. The summed E-state index contributed by atoms with van der Waals surface area (Å²) in [5, 5.41) is 0. The highest BCUT2D eigenvalue weighted by atomic mass is 32.2. The van der Waals surface area contributed by atoms with Crippen LogP contribution in [0.3, 0.4) is 0 Å². The SMILES string of the molecule is CCSCCCN1CCN(C(CC)C(N)=S)CC1. The molecule has 1 heterocycles. The molecule has 0 saturated carbocycles. The van der Waals surface area contributed by atoms with E-state index in [2.05, 4.69) is 23.6 Å². The van der Waals surface area contributed by atoms with Gasteiger partial charge in [-0.15, -0.1) is 0 Å². The van der Waals surface area contributed by atoms with Gasteiger partial charge in [-0.1, -0.05) is 26.1 Å². The number of nitrogens with zero attached hydrogens (tertiary/aromatic N) is 2. The topological polar surface area (TPSA) is 32.5 Å². The Bertz CT molecular complexity index is 240. The fourth-order valence-corrected chi connectivity index (χ4v) is 3.41. The van der Waals surface area contributed by atoms with Crippen LogP contribution in [0.25, 0.3) is 0 Å². The molecule has 0 spiro atoms. The van der Waals surface area contributed by atoms with Gasteiger partial charge in [0.1, 0.15) is 0 Å². The summed E-state index contributed by atoms with van der Waals surface area (Å²) in [5.41, 5.74) is 5.80. The normalized spacial score (nSPS) is 19.9. The standard InChI is InChI=1S/C13H27N3S2/c1-3-12(13(14)17)16-9-7-15(8-10-16)6-5-11-18-4-2/h12H,3-11H2,1-2H3,(H2,14,17). The monoisotopic (exact) mass is 289 g/mol. The molecule has 1 unspecified atom stereocenters. The Morgan fingerprint density at radius 2 is 1.94 bits per heavy atom. The molecule has 0 aromatic heterocycles. The van der Waals surface area contributed by atoms with Gasteiger partial charge in [0.15, 0.2) is 0 Å². The van der Waals surface area contributed by atoms with Crippen LogP contribution in [0.15, 0.2) is 0 Å². The van der Waals surface area contributed by atoms with E-state index in [1.165, 1.54) is 24.5 Å². The summed E-state index contributed by atoms with van der Waals surface area (Å²) in [6.45, 7) is 10.2. The molecule has 1 aliphatic rings. The molecule has 1 atom stereocenters. The lowest BCUT2D eigenvalue weighted by Crippen LogP contribution is -2.53. The van der Waals surface area contributed by atoms with E-state index >= 15 is 0 Å². The van der Waals surface area contributed by atoms with Crippen molar-refractivity contribution >= 4 is 29.0 Å². The number of thiocarbonyl (C=S) groups is 1. The molecule has 18 heavy (non-hydrogen) atoms. The van der Waals surface area contributed by atoms with Crippen molar-refractivity contribution in [3.8, 4) is 0 Å². The van der Waals surface area contributed by atoms with Crippen LogP contribution in [0.5, 0.6) is 0 Å². The molecule has 1 saturated heterocycles. The van der Waals surface area contributed by atoms with Crippen LogP contribution in [0.1, 0.15) is 26.7 Å². The summed E-state index contributed by atoms with van der Waals surface area (Å²) in [6.07, 6.45) is 2.34. The van der Waals surface area contributed by atoms with Gasteiger partial charge in [-0.2, -0.15) is 11.8 Å². The van der Waals surface area contributed by atoms with E-state index in [1.54, 1.807) is 0 Å². The molecule has 5 heteroatoms. The summed E-state index contributed by atoms with van der Waals surface area (Å²) in [4.78, 5) is 5.67. The lowest BCUT2D eigenvalue weighted by atomic mass is 10.1. The molecule has 1 rings (SSSR count). The summed E-state index contributed by atoms with van der Waals surface area (Å²) in [7, 11) is 0. The van der Waals surface area contributed by atoms with Crippen molar-refractivity contribution in [3.05, 3.63) is 0 Å². The number of piperazine rings is 1. The van der Waals surface area contributed by atoms with E-state index in [0.717, 1.165) is 32.6 Å². The van der Waals surface area contributed by atoms with E-state index < -0.39 is 0 Å². The van der Waals surface area contributed by atoms with E-state index in [-0.39, 0.29) is 0 Å². The quantitative estimate of drug-likeness (QED) is 0.544. The van der Waals surface area contributed by atoms with Gasteiger partial charge in [0.2, 0.25) is 0 Å². The molecule has 106 valence electrons. The number of hydrogen-bond acceptors (Lipinski definition) is 4. The number of thioether (sulfide) groups is 1. The van der Waals surface area contributed by atoms with Crippen LogP contribution in [0.4, 0.5) is 0 Å². The van der Waals surface area contributed by atoms with Crippen molar-refractivity contribution < 1.29 is 0 Å². The van der Waals surface area contributed by atoms with E-state index in [4.69, 9.17) is 18.0 Å². The van der Waals surface area contributed by atoms with Crippen LogP contribution in [-0.4, -0.2) is 65.1 Å². The van der Waals surface area contributed by atoms with Gasteiger partial charge >= 0.3 is 0 Å². The van der Waals surface area contributed by atoms with Crippen LogP contribution in [-0.2, 0) is 0 Å². The molecule has 0 radical (unpaired) electrons. The Morgan fingerprint density at radius 3 is 2.44 bits per heavy atom. The molecule has 0 bridgehead atoms. The van der Waals surface area contributed by atoms with Crippen molar-refractivity contribution in [3.63, 3.8) is 0 Å². The second-order valence-corrected chi connectivity index (χ2v) is 6.62. The molecule has 2 N–H and O–H groups in total. The third kappa shape index (κ3) is 5.43. The van der Waals surface area contributed by atoms with Crippen molar-refractivity contribution in [2.24, 2.45) is 5.73 Å². The van der Waals surface area contributed by atoms with E-state index in [9.17, 15) is 0 Å². The first-order chi connectivity index (χ1) is 8.69. The fourth-order valence-electron chi connectivity index (χ4n) is 2.47. The van der Waals surface area contributed by atoms with Gasteiger partial charge in [-0.05, 0) is 30.9 Å². The Morgan fingerprint density at radius 1 is 1.28 bits per heavy atom. The molecule has 3 nitrogen and oxygen atoms in total. The first-order valence-corrected chi connectivity index (χ1v) is 8.58. The van der Waals surface area contributed by atoms with Gasteiger partial charge in [0, 0.05) is 26.2 Å². The van der Waals surface area contributed by atoms with Gasteiger partial charge in [-0.3, -0.25) is 4.90 Å². The van der Waals surface area contributed by atoms with Gasteiger partial charge in [0.05, 0.1) is 11.0 Å². The minimum absolute atomic E-state index is 0.304. The lowest BCUT2D eigenvalue weighted by Gasteiger charge is -2.38. The van der Waals surface area contributed by atoms with Crippen molar-refractivity contribution in [1.82, 2.24) is 9.80 Å². The van der Waals surface area contributed by atoms with Gasteiger partial charge in [-0.25, -0.2) is 0 Å². The summed E-state index contributed by atoms with van der Waals surface area (Å²) < 4.78 is 0.